The number of fused-ring (bicyclic) bond motifs is 1. The molecule has 0 radical (unpaired) electrons. The average molecular weight is 564 g/mol. The molecule has 4 aromatic rings. The number of nitrogens with zero attached hydrogens (tertiary/aromatic N) is 3. The van der Waals surface area contributed by atoms with Gasteiger partial charge in [0.25, 0.3) is 15.9 Å². The molecule has 0 atom stereocenters. The molecule has 0 fully saturated rings. The number of pyridine rings is 1. The van der Waals surface area contributed by atoms with E-state index in [0.29, 0.717) is 28.4 Å². The molecule has 4 N–H and O–H groups in total. The van der Waals surface area contributed by atoms with Gasteiger partial charge in [-0.3, -0.25) is 9.52 Å². The van der Waals surface area contributed by atoms with Crippen LogP contribution in [0.5, 0.6) is 0 Å². The second-order valence-corrected chi connectivity index (χ2v) is 10.1. The summed E-state index contributed by atoms with van der Waals surface area (Å²) in [5.41, 5.74) is 0.318. The smallest absolute Gasteiger partial charge is 0.263 e. The largest absolute Gasteiger partial charge is 0.373 e. The highest BCUT2D eigenvalue weighted by molar-refractivity contribution is 7.92. The number of anilines is 3. The van der Waals surface area contributed by atoms with Crippen LogP contribution in [0.15, 0.2) is 47.5 Å². The predicted octanol–water partition coefficient (Wildman–Crippen LogP) is 4.38. The Balaban J connectivity index is 1.80. The summed E-state index contributed by atoms with van der Waals surface area (Å²) in [5, 5.41) is 8.25. The van der Waals surface area contributed by atoms with Gasteiger partial charge in [0.15, 0.2) is 11.5 Å². The van der Waals surface area contributed by atoms with Crippen molar-refractivity contribution in [2.45, 2.75) is 4.90 Å². The second-order valence-electron chi connectivity index (χ2n) is 7.61. The number of carbonyl (C=O) groups excluding carboxylic acids is 1. The SMILES string of the molecule is CNC(=O)c1cc(Cl)cc(S(=O)(=O)Nc2cccc(-c3cc4cnc(NC)nc4nc3NC)c2F)c1Cl. The molecule has 10 nitrogen and oxygen atoms in total. The molecule has 0 spiro atoms. The highest BCUT2D eigenvalue weighted by Crippen LogP contribution is 2.36. The Labute approximate surface area is 221 Å². The van der Waals surface area contributed by atoms with Crippen LogP contribution in [0.2, 0.25) is 10.0 Å². The number of nitrogens with one attached hydrogen (secondary N) is 4. The van der Waals surface area contributed by atoms with Crippen molar-refractivity contribution in [1.29, 1.82) is 0 Å². The molecule has 0 saturated heterocycles. The van der Waals surface area contributed by atoms with Crippen molar-refractivity contribution < 1.29 is 17.6 Å². The fourth-order valence-corrected chi connectivity index (χ4v) is 5.53. The Bertz CT molecular complexity index is 1650. The van der Waals surface area contributed by atoms with Crippen LogP contribution in [0, 0.1) is 5.82 Å². The molecule has 14 heteroatoms. The van der Waals surface area contributed by atoms with Crippen molar-refractivity contribution in [2.24, 2.45) is 0 Å². The van der Waals surface area contributed by atoms with Crippen LogP contribution in [0.4, 0.5) is 21.8 Å². The molecule has 1 amide bonds. The molecule has 192 valence electrons. The topological polar surface area (TPSA) is 138 Å². The van der Waals surface area contributed by atoms with Crippen molar-refractivity contribution in [2.75, 3.05) is 36.5 Å². The van der Waals surface area contributed by atoms with Gasteiger partial charge >= 0.3 is 0 Å². The number of sulfonamides is 1. The first-order valence-electron chi connectivity index (χ1n) is 10.7. The fraction of sp³-hybridized carbons (Fsp3) is 0.130. The van der Waals surface area contributed by atoms with Gasteiger partial charge in [-0.15, -0.1) is 0 Å². The van der Waals surface area contributed by atoms with Gasteiger partial charge in [0.1, 0.15) is 10.7 Å². The average Bonchev–Trinajstić information content (AvgIpc) is 2.89. The minimum atomic E-state index is -4.45. The van der Waals surface area contributed by atoms with Crippen LogP contribution in [-0.2, 0) is 10.0 Å². The van der Waals surface area contributed by atoms with Gasteiger partial charge in [-0.1, -0.05) is 35.3 Å². The number of hydrogen-bond donors (Lipinski definition) is 4. The summed E-state index contributed by atoms with van der Waals surface area (Å²) in [7, 11) is 0.197. The summed E-state index contributed by atoms with van der Waals surface area (Å²) < 4.78 is 44.3. The summed E-state index contributed by atoms with van der Waals surface area (Å²) in [6.45, 7) is 0. The number of rotatable bonds is 7. The molecular weight excluding hydrogens is 544 g/mol. The third kappa shape index (κ3) is 5.08. The zero-order valence-electron chi connectivity index (χ0n) is 19.6. The Morgan fingerprint density at radius 3 is 2.43 bits per heavy atom. The molecule has 0 unspecified atom stereocenters. The van der Waals surface area contributed by atoms with Crippen molar-refractivity contribution in [3.05, 3.63) is 64.0 Å². The van der Waals surface area contributed by atoms with Crippen LogP contribution in [0.3, 0.4) is 0 Å². The van der Waals surface area contributed by atoms with Gasteiger partial charge in [-0.25, -0.2) is 22.8 Å². The van der Waals surface area contributed by atoms with Gasteiger partial charge < -0.3 is 16.0 Å². The van der Waals surface area contributed by atoms with Crippen LogP contribution < -0.4 is 20.7 Å². The Hall–Kier alpha value is -3.74. The maximum Gasteiger partial charge on any atom is 0.263 e. The second kappa shape index (κ2) is 10.3. The molecule has 4 rings (SSSR count). The number of amides is 1. The van der Waals surface area contributed by atoms with Crippen molar-refractivity contribution in [3.8, 4) is 11.1 Å². The zero-order chi connectivity index (χ0) is 26.9. The number of halogens is 3. The van der Waals surface area contributed by atoms with Crippen molar-refractivity contribution >= 4 is 67.6 Å². The number of hydrogen-bond acceptors (Lipinski definition) is 8. The van der Waals surface area contributed by atoms with Gasteiger partial charge in [0, 0.05) is 48.9 Å². The van der Waals surface area contributed by atoms with E-state index in [2.05, 4.69) is 35.6 Å². The molecule has 0 saturated carbocycles. The fourth-order valence-electron chi connectivity index (χ4n) is 3.56. The van der Waals surface area contributed by atoms with Crippen LogP contribution in [0.1, 0.15) is 10.4 Å². The lowest BCUT2D eigenvalue weighted by molar-refractivity contribution is 0.0963. The standard InChI is InChI=1S/C23H20Cl2FN7O3S/c1-27-21-14(7-11-10-30-23(29-3)32-20(11)31-21)13-5-4-6-16(19(13)26)33-37(35,36)17-9-12(24)8-15(18(17)25)22(34)28-2/h4-10,33H,1-3H3,(H,28,34)(H2,27,29,30,31,32). The van der Waals surface area contributed by atoms with E-state index in [1.54, 1.807) is 26.4 Å². The molecule has 2 aromatic heterocycles. The molecule has 0 aliphatic rings. The lowest BCUT2D eigenvalue weighted by atomic mass is 10.0. The highest BCUT2D eigenvalue weighted by Gasteiger charge is 2.26. The lowest BCUT2D eigenvalue weighted by Gasteiger charge is -2.15. The molecular formula is C23H20Cl2FN7O3S. The van der Waals surface area contributed by atoms with Gasteiger partial charge in [0.05, 0.1) is 16.3 Å². The molecule has 0 bridgehead atoms. The third-order valence-electron chi connectivity index (χ3n) is 5.33. The summed E-state index contributed by atoms with van der Waals surface area (Å²) in [6, 6.07) is 8.17. The molecule has 0 aliphatic heterocycles. The normalized spacial score (nSPS) is 11.3. The third-order valence-corrected chi connectivity index (χ3v) is 7.45. The van der Waals surface area contributed by atoms with Crippen molar-refractivity contribution in [3.63, 3.8) is 0 Å². The van der Waals surface area contributed by atoms with E-state index in [0.717, 1.165) is 6.07 Å². The molecule has 2 aromatic carbocycles. The van der Waals surface area contributed by atoms with Crippen molar-refractivity contribution in [1.82, 2.24) is 20.3 Å². The number of carbonyl (C=O) groups is 1. The summed E-state index contributed by atoms with van der Waals surface area (Å²) in [6.07, 6.45) is 1.54. The van der Waals surface area contributed by atoms with Gasteiger partial charge in [0.2, 0.25) is 5.95 Å². The highest BCUT2D eigenvalue weighted by atomic mass is 35.5. The van der Waals surface area contributed by atoms with Gasteiger partial charge in [-0.2, -0.15) is 4.98 Å². The summed E-state index contributed by atoms with van der Waals surface area (Å²) >= 11 is 12.3. The van der Waals surface area contributed by atoms with E-state index < -0.39 is 26.6 Å². The predicted molar refractivity (Wildman–Crippen MR) is 142 cm³/mol. The number of benzene rings is 2. The Morgan fingerprint density at radius 2 is 1.76 bits per heavy atom. The molecule has 0 aliphatic carbocycles. The van der Waals surface area contributed by atoms with Gasteiger partial charge in [-0.05, 0) is 24.3 Å². The first-order chi connectivity index (χ1) is 17.6. The lowest BCUT2D eigenvalue weighted by Crippen LogP contribution is -2.20. The maximum absolute atomic E-state index is 15.7. The maximum atomic E-state index is 15.7. The van der Waals surface area contributed by atoms with E-state index in [1.807, 2.05) is 0 Å². The van der Waals surface area contributed by atoms with Crippen LogP contribution in [-0.4, -0.2) is 50.4 Å². The van der Waals surface area contributed by atoms with E-state index >= 15 is 4.39 Å². The zero-order valence-corrected chi connectivity index (χ0v) is 22.0. The molecule has 2 heterocycles. The summed E-state index contributed by atoms with van der Waals surface area (Å²) in [4.78, 5) is 24.5. The first kappa shape index (κ1) is 26.3. The number of aromatic nitrogens is 3. The monoisotopic (exact) mass is 563 g/mol. The van der Waals surface area contributed by atoms with E-state index in [1.165, 1.54) is 31.3 Å². The van der Waals surface area contributed by atoms with E-state index in [4.69, 9.17) is 23.2 Å². The van der Waals surface area contributed by atoms with Crippen LogP contribution in [0.25, 0.3) is 22.2 Å². The quantitative estimate of drug-likeness (QED) is 0.260. The minimum absolute atomic E-state index is 0.0397. The minimum Gasteiger partial charge on any atom is -0.373 e. The van der Waals surface area contributed by atoms with E-state index in [-0.39, 0.29) is 26.9 Å². The Kier molecular flexibility index (Phi) is 7.35. The van der Waals surface area contributed by atoms with Crippen LogP contribution >= 0.6 is 23.2 Å². The van der Waals surface area contributed by atoms with E-state index in [9.17, 15) is 13.2 Å². The Morgan fingerprint density at radius 1 is 1.00 bits per heavy atom. The summed E-state index contributed by atoms with van der Waals surface area (Å²) in [5.74, 6) is -0.801. The first-order valence-corrected chi connectivity index (χ1v) is 12.9. The molecule has 37 heavy (non-hydrogen) atoms.